The van der Waals surface area contributed by atoms with Crippen molar-refractivity contribution >= 4 is 39.1 Å². The van der Waals surface area contributed by atoms with E-state index in [1.54, 1.807) is 35.2 Å². The number of carbonyl (C=O) groups is 2. The van der Waals surface area contributed by atoms with E-state index in [2.05, 4.69) is 21.2 Å². The van der Waals surface area contributed by atoms with E-state index in [1.807, 2.05) is 43.3 Å². The van der Waals surface area contributed by atoms with Crippen LogP contribution in [-0.2, 0) is 4.79 Å². The first-order chi connectivity index (χ1) is 16.0. The van der Waals surface area contributed by atoms with Crippen molar-refractivity contribution in [2.24, 2.45) is 0 Å². The predicted octanol–water partition coefficient (Wildman–Crippen LogP) is 5.59. The lowest BCUT2D eigenvalue weighted by atomic mass is 10.1. The number of aryl methyl sites for hydroxylation is 1. The first-order valence-electron chi connectivity index (χ1n) is 10.8. The van der Waals surface area contributed by atoms with E-state index in [0.29, 0.717) is 35.8 Å². The summed E-state index contributed by atoms with van der Waals surface area (Å²) in [5.41, 5.74) is 2.91. The summed E-state index contributed by atoms with van der Waals surface area (Å²) in [5.74, 6) is 1.19. The normalized spacial score (nSPS) is 12.7. The van der Waals surface area contributed by atoms with Crippen molar-refractivity contribution in [1.82, 2.24) is 0 Å². The number of nitrogens with one attached hydrogen (secondary N) is 1. The molecule has 0 bridgehead atoms. The first-order valence-corrected chi connectivity index (χ1v) is 11.6. The van der Waals surface area contributed by atoms with E-state index in [0.717, 1.165) is 28.6 Å². The van der Waals surface area contributed by atoms with Crippen molar-refractivity contribution in [3.05, 3.63) is 82.3 Å². The van der Waals surface area contributed by atoms with E-state index < -0.39 is 0 Å². The highest BCUT2D eigenvalue weighted by Crippen LogP contribution is 2.35. The second-order valence-corrected chi connectivity index (χ2v) is 8.72. The minimum Gasteiger partial charge on any atom is -0.493 e. The molecule has 2 amide bonds. The Balaban J connectivity index is 1.38. The van der Waals surface area contributed by atoms with Gasteiger partial charge in [-0.2, -0.15) is 0 Å². The summed E-state index contributed by atoms with van der Waals surface area (Å²) in [7, 11) is 0. The summed E-state index contributed by atoms with van der Waals surface area (Å²) in [5, 5.41) is 2.90. The Hall–Kier alpha value is -3.32. The van der Waals surface area contributed by atoms with Crippen molar-refractivity contribution in [2.45, 2.75) is 19.8 Å². The molecule has 3 aromatic rings. The van der Waals surface area contributed by atoms with Gasteiger partial charge >= 0.3 is 0 Å². The molecule has 0 atom stereocenters. The Labute approximate surface area is 201 Å². The van der Waals surface area contributed by atoms with Crippen LogP contribution in [0, 0.1) is 6.92 Å². The average molecular weight is 509 g/mol. The van der Waals surface area contributed by atoms with Gasteiger partial charge in [-0.1, -0.05) is 40.2 Å². The molecular weight excluding hydrogens is 484 g/mol. The molecule has 1 heterocycles. The van der Waals surface area contributed by atoms with Crippen molar-refractivity contribution in [3.8, 4) is 11.5 Å². The fourth-order valence-electron chi connectivity index (χ4n) is 3.63. The lowest BCUT2D eigenvalue weighted by molar-refractivity contribution is -0.121. The standard InChI is InChI=1S/C26H25BrN2O4/c1-18-7-2-3-10-23(18)32-14-5-4-13-29-22-16-21(11-12-24(22)33-17-25(29)30)28-26(31)19-8-6-9-20(27)15-19/h2-3,6-12,15-16H,4-5,13-14,17H2,1H3,(H,28,31). The van der Waals surface area contributed by atoms with Gasteiger partial charge in [0, 0.05) is 22.3 Å². The van der Waals surface area contributed by atoms with E-state index in [4.69, 9.17) is 9.47 Å². The maximum atomic E-state index is 12.6. The lowest BCUT2D eigenvalue weighted by Crippen LogP contribution is -2.39. The van der Waals surface area contributed by atoms with Gasteiger partial charge in [-0.05, 0) is 67.8 Å². The third-order valence-electron chi connectivity index (χ3n) is 5.37. The molecule has 1 aliphatic heterocycles. The molecule has 0 radical (unpaired) electrons. The first kappa shape index (κ1) is 22.9. The van der Waals surface area contributed by atoms with E-state index in [-0.39, 0.29) is 18.4 Å². The summed E-state index contributed by atoms with van der Waals surface area (Å²) in [4.78, 5) is 26.9. The zero-order valence-electron chi connectivity index (χ0n) is 18.3. The van der Waals surface area contributed by atoms with Crippen LogP contribution in [0.2, 0.25) is 0 Å². The maximum Gasteiger partial charge on any atom is 0.265 e. The second kappa shape index (κ2) is 10.5. The van der Waals surface area contributed by atoms with Gasteiger partial charge in [-0.15, -0.1) is 0 Å². The van der Waals surface area contributed by atoms with Gasteiger partial charge in [0.2, 0.25) is 0 Å². The number of benzene rings is 3. The predicted molar refractivity (Wildman–Crippen MR) is 132 cm³/mol. The molecule has 33 heavy (non-hydrogen) atoms. The van der Waals surface area contributed by atoms with Crippen molar-refractivity contribution in [3.63, 3.8) is 0 Å². The van der Waals surface area contributed by atoms with Gasteiger partial charge in [0.05, 0.1) is 12.3 Å². The van der Waals surface area contributed by atoms with Crippen molar-refractivity contribution < 1.29 is 19.1 Å². The molecule has 0 aromatic heterocycles. The number of halogens is 1. The minimum absolute atomic E-state index is 0.0104. The fourth-order valence-corrected chi connectivity index (χ4v) is 4.03. The molecule has 1 N–H and O–H groups in total. The van der Waals surface area contributed by atoms with Crippen LogP contribution in [-0.4, -0.2) is 31.6 Å². The quantitative estimate of drug-likeness (QED) is 0.402. The number of para-hydroxylation sites is 1. The van der Waals surface area contributed by atoms with Gasteiger partial charge < -0.3 is 19.7 Å². The number of anilines is 2. The highest BCUT2D eigenvalue weighted by molar-refractivity contribution is 9.10. The molecule has 6 nitrogen and oxygen atoms in total. The number of fused-ring (bicyclic) bond motifs is 1. The van der Waals surface area contributed by atoms with Crippen LogP contribution < -0.4 is 19.7 Å². The van der Waals surface area contributed by atoms with Gasteiger partial charge in [0.15, 0.2) is 6.61 Å². The molecule has 170 valence electrons. The number of hydrogen-bond acceptors (Lipinski definition) is 4. The Bertz CT molecular complexity index is 1160. The van der Waals surface area contributed by atoms with Crippen LogP contribution in [0.5, 0.6) is 11.5 Å². The highest BCUT2D eigenvalue weighted by Gasteiger charge is 2.25. The summed E-state index contributed by atoms with van der Waals surface area (Å²) < 4.78 is 12.3. The molecule has 4 rings (SSSR count). The zero-order valence-corrected chi connectivity index (χ0v) is 19.9. The maximum absolute atomic E-state index is 12.6. The van der Waals surface area contributed by atoms with Crippen LogP contribution >= 0.6 is 15.9 Å². The van der Waals surface area contributed by atoms with Gasteiger partial charge in [-0.25, -0.2) is 0 Å². The van der Waals surface area contributed by atoms with Gasteiger partial charge in [-0.3, -0.25) is 9.59 Å². The molecule has 0 fully saturated rings. The third-order valence-corrected chi connectivity index (χ3v) is 5.87. The highest BCUT2D eigenvalue weighted by atomic mass is 79.9. The summed E-state index contributed by atoms with van der Waals surface area (Å²) in [6.07, 6.45) is 1.60. The molecule has 3 aromatic carbocycles. The van der Waals surface area contributed by atoms with Gasteiger partial charge in [0.25, 0.3) is 11.8 Å². The number of nitrogens with zero attached hydrogens (tertiary/aromatic N) is 1. The number of carbonyl (C=O) groups excluding carboxylic acids is 2. The molecule has 0 spiro atoms. The summed E-state index contributed by atoms with van der Waals surface area (Å²) in [6.45, 7) is 3.16. The summed E-state index contributed by atoms with van der Waals surface area (Å²) >= 11 is 3.38. The van der Waals surface area contributed by atoms with Crippen LogP contribution in [0.3, 0.4) is 0 Å². The number of ether oxygens (including phenoxy) is 2. The second-order valence-electron chi connectivity index (χ2n) is 7.80. The Morgan fingerprint density at radius 3 is 2.76 bits per heavy atom. The Kier molecular flexibility index (Phi) is 7.29. The largest absolute Gasteiger partial charge is 0.493 e. The molecule has 0 unspecified atom stereocenters. The van der Waals surface area contributed by atoms with Crippen LogP contribution in [0.15, 0.2) is 71.2 Å². The third kappa shape index (κ3) is 5.73. The smallest absolute Gasteiger partial charge is 0.265 e. The SMILES string of the molecule is Cc1ccccc1OCCCCN1C(=O)COc2ccc(NC(=O)c3cccc(Br)c3)cc21. The van der Waals surface area contributed by atoms with Crippen LogP contribution in [0.4, 0.5) is 11.4 Å². The van der Waals surface area contributed by atoms with E-state index >= 15 is 0 Å². The molecule has 7 heteroatoms. The van der Waals surface area contributed by atoms with E-state index in [9.17, 15) is 9.59 Å². The number of amides is 2. The summed E-state index contributed by atoms with van der Waals surface area (Å²) in [6, 6.07) is 20.4. The number of hydrogen-bond donors (Lipinski definition) is 1. The topological polar surface area (TPSA) is 67.9 Å². The molecule has 0 saturated heterocycles. The van der Waals surface area contributed by atoms with Crippen LogP contribution in [0.25, 0.3) is 0 Å². The number of rotatable bonds is 8. The monoisotopic (exact) mass is 508 g/mol. The van der Waals surface area contributed by atoms with Crippen molar-refractivity contribution in [2.75, 3.05) is 30.0 Å². The minimum atomic E-state index is -0.223. The van der Waals surface area contributed by atoms with Crippen LogP contribution in [0.1, 0.15) is 28.8 Å². The van der Waals surface area contributed by atoms with Crippen molar-refractivity contribution in [1.29, 1.82) is 0 Å². The lowest BCUT2D eigenvalue weighted by Gasteiger charge is -2.30. The molecule has 1 aliphatic rings. The molecular formula is C26H25BrN2O4. The van der Waals surface area contributed by atoms with Gasteiger partial charge in [0.1, 0.15) is 11.5 Å². The zero-order chi connectivity index (χ0) is 23.2. The molecule has 0 aliphatic carbocycles. The Morgan fingerprint density at radius 1 is 1.09 bits per heavy atom. The Morgan fingerprint density at radius 2 is 1.94 bits per heavy atom. The number of unbranched alkanes of at least 4 members (excludes halogenated alkanes) is 1. The molecule has 0 saturated carbocycles. The average Bonchev–Trinajstić information content (AvgIpc) is 2.81. The fraction of sp³-hybridized carbons (Fsp3) is 0.231. The van der Waals surface area contributed by atoms with E-state index in [1.165, 1.54) is 0 Å².